The Morgan fingerprint density at radius 3 is 2.77 bits per heavy atom. The lowest BCUT2D eigenvalue weighted by Gasteiger charge is -2.12. The standard InChI is InChI=1S/C15H20N4O2S/c1-20-13-7-8-14(21-2)11(9-13)10-22-15-16-17-18-19(15)12-5-3-4-6-12/h7-9,12H,3-6,10H2,1-2H3. The molecule has 2 aromatic rings. The molecule has 118 valence electrons. The normalized spacial score (nSPS) is 15.2. The number of ether oxygens (including phenoxy) is 2. The monoisotopic (exact) mass is 320 g/mol. The molecule has 1 saturated carbocycles. The molecule has 1 aliphatic rings. The van der Waals surface area contributed by atoms with Crippen molar-refractivity contribution in [2.45, 2.75) is 42.6 Å². The van der Waals surface area contributed by atoms with E-state index in [0.29, 0.717) is 6.04 Å². The van der Waals surface area contributed by atoms with Gasteiger partial charge < -0.3 is 9.47 Å². The minimum absolute atomic E-state index is 0.449. The maximum atomic E-state index is 5.42. The number of methoxy groups -OCH3 is 2. The van der Waals surface area contributed by atoms with E-state index in [2.05, 4.69) is 15.5 Å². The van der Waals surface area contributed by atoms with Gasteiger partial charge in [0.1, 0.15) is 11.5 Å². The van der Waals surface area contributed by atoms with E-state index in [1.807, 2.05) is 22.9 Å². The van der Waals surface area contributed by atoms with Crippen LogP contribution in [-0.2, 0) is 5.75 Å². The summed E-state index contributed by atoms with van der Waals surface area (Å²) < 4.78 is 12.7. The van der Waals surface area contributed by atoms with Crippen molar-refractivity contribution in [3.63, 3.8) is 0 Å². The Kier molecular flexibility index (Phi) is 4.82. The summed E-state index contributed by atoms with van der Waals surface area (Å²) >= 11 is 1.63. The van der Waals surface area contributed by atoms with Crippen LogP contribution in [0.25, 0.3) is 0 Å². The van der Waals surface area contributed by atoms with Gasteiger partial charge in [0.2, 0.25) is 5.16 Å². The summed E-state index contributed by atoms with van der Waals surface area (Å²) in [6, 6.07) is 6.27. The lowest BCUT2D eigenvalue weighted by molar-refractivity contribution is 0.400. The molecular weight excluding hydrogens is 300 g/mol. The highest BCUT2D eigenvalue weighted by Gasteiger charge is 2.21. The van der Waals surface area contributed by atoms with Crippen LogP contribution in [0.1, 0.15) is 37.3 Å². The number of tetrazole rings is 1. The quantitative estimate of drug-likeness (QED) is 0.762. The molecule has 22 heavy (non-hydrogen) atoms. The smallest absolute Gasteiger partial charge is 0.209 e. The molecule has 0 N–H and O–H groups in total. The van der Waals surface area contributed by atoms with Crippen molar-refractivity contribution in [2.75, 3.05) is 14.2 Å². The van der Waals surface area contributed by atoms with Gasteiger partial charge in [0.25, 0.3) is 0 Å². The van der Waals surface area contributed by atoms with Gasteiger partial charge in [-0.3, -0.25) is 0 Å². The average molecular weight is 320 g/mol. The SMILES string of the molecule is COc1ccc(OC)c(CSc2nnnn2C2CCCC2)c1. The minimum atomic E-state index is 0.449. The minimum Gasteiger partial charge on any atom is -0.497 e. The first-order valence-corrected chi connectivity index (χ1v) is 8.42. The Morgan fingerprint density at radius 1 is 1.23 bits per heavy atom. The molecule has 0 atom stereocenters. The zero-order valence-corrected chi connectivity index (χ0v) is 13.7. The van der Waals surface area contributed by atoms with Crippen molar-refractivity contribution in [3.8, 4) is 11.5 Å². The molecule has 0 aliphatic heterocycles. The van der Waals surface area contributed by atoms with Gasteiger partial charge in [-0.15, -0.1) is 5.10 Å². The number of thioether (sulfide) groups is 1. The van der Waals surface area contributed by atoms with Crippen LogP contribution in [0, 0.1) is 0 Å². The van der Waals surface area contributed by atoms with Gasteiger partial charge in [0.15, 0.2) is 0 Å². The van der Waals surface area contributed by atoms with Gasteiger partial charge in [0.05, 0.1) is 20.3 Å². The lowest BCUT2D eigenvalue weighted by atomic mass is 10.2. The molecule has 1 aliphatic carbocycles. The van der Waals surface area contributed by atoms with E-state index in [9.17, 15) is 0 Å². The Bertz CT molecular complexity index is 626. The van der Waals surface area contributed by atoms with E-state index in [0.717, 1.165) is 28.0 Å². The van der Waals surface area contributed by atoms with E-state index >= 15 is 0 Å². The first-order chi connectivity index (χ1) is 10.8. The molecule has 0 spiro atoms. The molecule has 1 aromatic carbocycles. The Balaban J connectivity index is 1.74. The van der Waals surface area contributed by atoms with Crippen molar-refractivity contribution < 1.29 is 9.47 Å². The molecule has 0 amide bonds. The predicted molar refractivity (Wildman–Crippen MR) is 84.4 cm³/mol. The van der Waals surface area contributed by atoms with Crippen LogP contribution in [0.3, 0.4) is 0 Å². The van der Waals surface area contributed by atoms with Crippen LogP contribution in [0.2, 0.25) is 0 Å². The van der Waals surface area contributed by atoms with Crippen molar-refractivity contribution in [3.05, 3.63) is 23.8 Å². The van der Waals surface area contributed by atoms with Gasteiger partial charge in [-0.1, -0.05) is 24.6 Å². The average Bonchev–Trinajstić information content (AvgIpc) is 3.23. The predicted octanol–water partition coefficient (Wildman–Crippen LogP) is 3.10. The first kappa shape index (κ1) is 15.1. The highest BCUT2D eigenvalue weighted by Crippen LogP contribution is 2.34. The molecule has 1 aromatic heterocycles. The number of benzene rings is 1. The second kappa shape index (κ2) is 7.00. The largest absolute Gasteiger partial charge is 0.497 e. The molecular formula is C15H20N4O2S. The second-order valence-electron chi connectivity index (χ2n) is 5.31. The number of hydrogen-bond acceptors (Lipinski definition) is 6. The number of nitrogens with zero attached hydrogens (tertiary/aromatic N) is 4. The Labute approximate surface area is 134 Å². The van der Waals surface area contributed by atoms with Crippen LogP contribution in [0.5, 0.6) is 11.5 Å². The summed E-state index contributed by atoms with van der Waals surface area (Å²) in [5.41, 5.74) is 1.08. The molecule has 1 heterocycles. The molecule has 7 heteroatoms. The van der Waals surface area contributed by atoms with Crippen LogP contribution in [-0.4, -0.2) is 34.4 Å². The summed E-state index contributed by atoms with van der Waals surface area (Å²) in [6.07, 6.45) is 4.86. The Morgan fingerprint density at radius 2 is 2.05 bits per heavy atom. The molecule has 6 nitrogen and oxygen atoms in total. The Hall–Kier alpha value is -1.76. The summed E-state index contributed by atoms with van der Waals surface area (Å²) in [5, 5.41) is 13.0. The summed E-state index contributed by atoms with van der Waals surface area (Å²) in [7, 11) is 3.35. The van der Waals surface area contributed by atoms with Crippen LogP contribution in [0.4, 0.5) is 0 Å². The summed E-state index contributed by atoms with van der Waals surface area (Å²) in [4.78, 5) is 0. The second-order valence-corrected chi connectivity index (χ2v) is 6.25. The van der Waals surface area contributed by atoms with Crippen molar-refractivity contribution in [2.24, 2.45) is 0 Å². The highest BCUT2D eigenvalue weighted by atomic mass is 32.2. The van der Waals surface area contributed by atoms with Crippen molar-refractivity contribution in [1.82, 2.24) is 20.2 Å². The van der Waals surface area contributed by atoms with Crippen LogP contribution in [0.15, 0.2) is 23.4 Å². The molecule has 0 saturated heterocycles. The van der Waals surface area contributed by atoms with Crippen LogP contribution >= 0.6 is 11.8 Å². The third kappa shape index (κ3) is 3.19. The van der Waals surface area contributed by atoms with Gasteiger partial charge in [-0.25, -0.2) is 4.68 Å². The molecule has 0 unspecified atom stereocenters. The van der Waals surface area contributed by atoms with Gasteiger partial charge in [0, 0.05) is 11.3 Å². The maximum Gasteiger partial charge on any atom is 0.209 e. The van der Waals surface area contributed by atoms with Crippen LogP contribution < -0.4 is 9.47 Å². The fourth-order valence-corrected chi connectivity index (χ4v) is 3.72. The molecule has 0 bridgehead atoms. The third-order valence-electron chi connectivity index (χ3n) is 3.98. The lowest BCUT2D eigenvalue weighted by Crippen LogP contribution is -2.08. The topological polar surface area (TPSA) is 62.1 Å². The molecule has 0 radical (unpaired) electrons. The van der Waals surface area contributed by atoms with Gasteiger partial charge >= 0.3 is 0 Å². The van der Waals surface area contributed by atoms with E-state index in [1.54, 1.807) is 26.0 Å². The van der Waals surface area contributed by atoms with Gasteiger partial charge in [-0.2, -0.15) is 0 Å². The fraction of sp³-hybridized carbons (Fsp3) is 0.533. The number of hydrogen-bond donors (Lipinski definition) is 0. The molecule has 1 fully saturated rings. The zero-order valence-electron chi connectivity index (χ0n) is 12.9. The summed E-state index contributed by atoms with van der Waals surface area (Å²) in [5.74, 6) is 2.42. The van der Waals surface area contributed by atoms with Gasteiger partial charge in [-0.05, 0) is 41.5 Å². The van der Waals surface area contributed by atoms with E-state index in [4.69, 9.17) is 9.47 Å². The van der Waals surface area contributed by atoms with Crippen molar-refractivity contribution in [1.29, 1.82) is 0 Å². The first-order valence-electron chi connectivity index (χ1n) is 7.43. The van der Waals surface area contributed by atoms with Crippen molar-refractivity contribution >= 4 is 11.8 Å². The third-order valence-corrected chi connectivity index (χ3v) is 4.96. The maximum absolute atomic E-state index is 5.42. The highest BCUT2D eigenvalue weighted by molar-refractivity contribution is 7.98. The molecule has 3 rings (SSSR count). The van der Waals surface area contributed by atoms with E-state index < -0.39 is 0 Å². The summed E-state index contributed by atoms with van der Waals surface area (Å²) in [6.45, 7) is 0. The number of aromatic nitrogens is 4. The zero-order chi connectivity index (χ0) is 15.4. The van der Waals surface area contributed by atoms with E-state index in [-0.39, 0.29) is 0 Å². The fourth-order valence-electron chi connectivity index (χ4n) is 2.80. The number of rotatable bonds is 6. The van der Waals surface area contributed by atoms with E-state index in [1.165, 1.54) is 25.7 Å².